The predicted octanol–water partition coefficient (Wildman–Crippen LogP) is 2.76. The molecule has 2 aliphatic rings. The second-order valence-electron chi connectivity index (χ2n) is 9.37. The lowest BCUT2D eigenvalue weighted by atomic mass is 10.0. The number of aliphatic hydroxyl groups excluding tert-OH is 2. The van der Waals surface area contributed by atoms with Gasteiger partial charge in [-0.25, -0.2) is 9.97 Å². The van der Waals surface area contributed by atoms with Gasteiger partial charge in [0.15, 0.2) is 5.72 Å². The van der Waals surface area contributed by atoms with E-state index in [1.807, 2.05) is 26.8 Å². The van der Waals surface area contributed by atoms with E-state index in [4.69, 9.17) is 9.97 Å². The summed E-state index contributed by atoms with van der Waals surface area (Å²) in [5, 5.41) is 38.6. The molecule has 0 bridgehead atoms. The van der Waals surface area contributed by atoms with Crippen LogP contribution in [0.15, 0.2) is 6.07 Å². The fraction of sp³-hybridized carbons (Fsp3) is 0.565. The molecule has 2 fully saturated rings. The number of aromatic nitrogens is 4. The van der Waals surface area contributed by atoms with E-state index in [-0.39, 0.29) is 12.5 Å². The summed E-state index contributed by atoms with van der Waals surface area (Å²) in [5.74, 6) is 1.16. The van der Waals surface area contributed by atoms with Crippen molar-refractivity contribution in [3.63, 3.8) is 0 Å². The number of thiazole rings is 1. The minimum atomic E-state index is -1.60. The van der Waals surface area contributed by atoms with Crippen LogP contribution in [-0.4, -0.2) is 60.2 Å². The Kier molecular flexibility index (Phi) is 5.72. The van der Waals surface area contributed by atoms with Gasteiger partial charge in [-0.15, -0.1) is 11.3 Å². The van der Waals surface area contributed by atoms with Gasteiger partial charge in [-0.05, 0) is 58.4 Å². The summed E-state index contributed by atoms with van der Waals surface area (Å²) in [4.78, 5) is 18.7. The van der Waals surface area contributed by atoms with E-state index in [1.54, 1.807) is 0 Å². The summed E-state index contributed by atoms with van der Waals surface area (Å²) in [6, 6.07) is 2.01. The molecule has 2 aliphatic carbocycles. The van der Waals surface area contributed by atoms with E-state index in [2.05, 4.69) is 20.6 Å². The summed E-state index contributed by atoms with van der Waals surface area (Å²) in [6.45, 7) is 6.43. The maximum Gasteiger partial charge on any atom is 0.224 e. The van der Waals surface area contributed by atoms with E-state index >= 15 is 0 Å². The highest BCUT2D eigenvalue weighted by Gasteiger charge is 2.47. The van der Waals surface area contributed by atoms with Crippen molar-refractivity contribution in [2.75, 3.05) is 23.8 Å². The van der Waals surface area contributed by atoms with E-state index in [0.717, 1.165) is 38.9 Å². The molecule has 3 unspecified atom stereocenters. The molecule has 3 atom stereocenters. The number of anilines is 2. The number of aryl methyl sites for hydroxylation is 3. The van der Waals surface area contributed by atoms with Crippen LogP contribution in [0.3, 0.4) is 0 Å². The monoisotopic (exact) mass is 470 g/mol. The summed E-state index contributed by atoms with van der Waals surface area (Å²) < 4.78 is 1.02. The van der Waals surface area contributed by atoms with Gasteiger partial charge < -0.3 is 26.0 Å². The van der Waals surface area contributed by atoms with E-state index in [9.17, 15) is 15.3 Å². The first-order valence-electron chi connectivity index (χ1n) is 11.4. The number of hydrogen-bond acceptors (Lipinski definition) is 10. The maximum absolute atomic E-state index is 11.2. The fourth-order valence-electron chi connectivity index (χ4n) is 4.53. The third-order valence-electron chi connectivity index (χ3n) is 6.63. The minimum absolute atomic E-state index is 0.182. The molecular formula is C23H30N6O3S. The molecule has 33 heavy (non-hydrogen) atoms. The van der Waals surface area contributed by atoms with Crippen molar-refractivity contribution in [3.05, 3.63) is 23.1 Å². The van der Waals surface area contributed by atoms with Crippen LogP contribution in [0.1, 0.15) is 42.8 Å². The highest BCUT2D eigenvalue weighted by atomic mass is 32.1. The molecule has 0 amide bonds. The van der Waals surface area contributed by atoms with Crippen LogP contribution in [0.5, 0.6) is 0 Å². The molecule has 0 aromatic carbocycles. The Hall–Kier alpha value is -2.40. The van der Waals surface area contributed by atoms with E-state index in [1.165, 1.54) is 24.2 Å². The molecule has 5 rings (SSSR count). The Morgan fingerprint density at radius 3 is 2.58 bits per heavy atom. The summed E-state index contributed by atoms with van der Waals surface area (Å²) in [6.07, 6.45) is 2.12. The van der Waals surface area contributed by atoms with Crippen molar-refractivity contribution in [3.8, 4) is 10.6 Å². The highest BCUT2D eigenvalue weighted by Crippen LogP contribution is 2.41. The minimum Gasteiger partial charge on any atom is -0.396 e. The maximum atomic E-state index is 11.2. The molecule has 3 aromatic rings. The zero-order chi connectivity index (χ0) is 23.3. The molecule has 0 saturated heterocycles. The summed E-state index contributed by atoms with van der Waals surface area (Å²) in [7, 11) is 0. The number of fused-ring (bicyclic) bond motifs is 1. The standard InChI is InChI=1S/C23H30N6O3S/c1-11-8-16-18(13(3)25-11)27-21(33-16)17-12(2)26-22(24-9-14-4-5-14)28-20(17)29-23(32)7-6-15(10-30)19(23)31/h8,14-15,19,30-32H,4-7,9-10H2,1-3H3,(H2,24,26,28,29). The predicted molar refractivity (Wildman–Crippen MR) is 128 cm³/mol. The molecule has 9 nitrogen and oxygen atoms in total. The number of nitrogens with one attached hydrogen (secondary N) is 2. The first-order chi connectivity index (χ1) is 15.8. The third kappa shape index (κ3) is 4.28. The van der Waals surface area contributed by atoms with Crippen LogP contribution in [0.25, 0.3) is 20.8 Å². The van der Waals surface area contributed by atoms with Crippen molar-refractivity contribution in [1.82, 2.24) is 19.9 Å². The van der Waals surface area contributed by atoms with Crippen molar-refractivity contribution in [1.29, 1.82) is 0 Å². The number of aliphatic hydroxyl groups is 3. The van der Waals surface area contributed by atoms with Crippen LogP contribution >= 0.6 is 11.3 Å². The normalized spacial score (nSPS) is 25.0. The Bertz CT molecular complexity index is 1200. The van der Waals surface area contributed by atoms with Gasteiger partial charge in [0.05, 0.1) is 21.7 Å². The Balaban J connectivity index is 1.58. The van der Waals surface area contributed by atoms with E-state index < -0.39 is 11.8 Å². The lowest BCUT2D eigenvalue weighted by Gasteiger charge is -2.31. The lowest BCUT2D eigenvalue weighted by molar-refractivity contribution is -0.0545. The average molecular weight is 471 g/mol. The molecule has 3 heterocycles. The number of hydrogen-bond donors (Lipinski definition) is 5. The summed E-state index contributed by atoms with van der Waals surface area (Å²) >= 11 is 1.53. The number of nitrogens with zero attached hydrogens (tertiary/aromatic N) is 4. The molecule has 2 saturated carbocycles. The molecule has 0 radical (unpaired) electrons. The second kappa shape index (κ2) is 8.43. The first-order valence-corrected chi connectivity index (χ1v) is 12.3. The molecule has 176 valence electrons. The van der Waals surface area contributed by atoms with Gasteiger partial charge >= 0.3 is 0 Å². The zero-order valence-electron chi connectivity index (χ0n) is 19.1. The molecule has 5 N–H and O–H groups in total. The first kappa shape index (κ1) is 22.4. The molecule has 10 heteroatoms. The largest absolute Gasteiger partial charge is 0.396 e. The number of pyridine rings is 1. The van der Waals surface area contributed by atoms with Crippen LogP contribution in [0.4, 0.5) is 11.8 Å². The van der Waals surface area contributed by atoms with Crippen molar-refractivity contribution in [2.24, 2.45) is 11.8 Å². The van der Waals surface area contributed by atoms with Crippen LogP contribution < -0.4 is 10.6 Å². The van der Waals surface area contributed by atoms with Crippen molar-refractivity contribution < 1.29 is 15.3 Å². The van der Waals surface area contributed by atoms with Gasteiger partial charge in [-0.1, -0.05) is 0 Å². The molecule has 0 aliphatic heterocycles. The quantitative estimate of drug-likeness (QED) is 0.330. The molecular weight excluding hydrogens is 440 g/mol. The molecule has 3 aromatic heterocycles. The summed E-state index contributed by atoms with van der Waals surface area (Å²) in [5.41, 5.74) is 2.45. The Morgan fingerprint density at radius 2 is 1.88 bits per heavy atom. The van der Waals surface area contributed by atoms with Crippen molar-refractivity contribution in [2.45, 2.75) is 58.3 Å². The molecule has 0 spiro atoms. The third-order valence-corrected chi connectivity index (χ3v) is 7.65. The van der Waals surface area contributed by atoms with Gasteiger partial charge in [0, 0.05) is 24.8 Å². The van der Waals surface area contributed by atoms with Crippen LogP contribution in [0, 0.1) is 32.6 Å². The average Bonchev–Trinajstić information content (AvgIpc) is 3.43. The lowest BCUT2D eigenvalue weighted by Crippen LogP contribution is -2.48. The number of rotatable bonds is 7. The smallest absolute Gasteiger partial charge is 0.224 e. The van der Waals surface area contributed by atoms with Gasteiger partial charge in [-0.2, -0.15) is 4.98 Å². The van der Waals surface area contributed by atoms with Gasteiger partial charge in [-0.3, -0.25) is 4.98 Å². The van der Waals surface area contributed by atoms with Gasteiger partial charge in [0.25, 0.3) is 0 Å². The highest BCUT2D eigenvalue weighted by molar-refractivity contribution is 7.21. The topological polar surface area (TPSA) is 136 Å². The Morgan fingerprint density at radius 1 is 1.09 bits per heavy atom. The van der Waals surface area contributed by atoms with Gasteiger partial charge in [0.1, 0.15) is 22.4 Å². The SMILES string of the molecule is Cc1cc2sc(-c3c(C)nc(NCC4CC4)nc3NC3(O)CCC(CO)C3O)nc2c(C)n1. The second-order valence-corrected chi connectivity index (χ2v) is 10.4. The fourth-order valence-corrected chi connectivity index (χ4v) is 5.74. The van der Waals surface area contributed by atoms with Crippen molar-refractivity contribution >= 4 is 33.3 Å². The Labute approximate surface area is 196 Å². The zero-order valence-corrected chi connectivity index (χ0v) is 19.9. The van der Waals surface area contributed by atoms with Gasteiger partial charge in [0.2, 0.25) is 5.95 Å². The van der Waals surface area contributed by atoms with Crippen LogP contribution in [-0.2, 0) is 0 Å². The van der Waals surface area contributed by atoms with Crippen LogP contribution in [0.2, 0.25) is 0 Å². The van der Waals surface area contributed by atoms with E-state index in [0.29, 0.717) is 36.1 Å².